The zero-order chi connectivity index (χ0) is 15.1. The lowest BCUT2D eigenvalue weighted by atomic mass is 10.1. The molecule has 1 atom stereocenters. The number of hydrogen-bond donors (Lipinski definition) is 2. The summed E-state index contributed by atoms with van der Waals surface area (Å²) in [7, 11) is 0. The van der Waals surface area contributed by atoms with Gasteiger partial charge < -0.3 is 10.6 Å². The molecule has 1 amide bonds. The van der Waals surface area contributed by atoms with Gasteiger partial charge in [0.1, 0.15) is 0 Å². The lowest BCUT2D eigenvalue weighted by Gasteiger charge is -2.15. The van der Waals surface area contributed by atoms with Crippen molar-refractivity contribution in [3.63, 3.8) is 0 Å². The molecule has 2 aliphatic rings. The molecule has 3 heterocycles. The third-order valence-electron chi connectivity index (χ3n) is 4.73. The molecule has 0 unspecified atom stereocenters. The molecule has 1 aliphatic heterocycles. The molecule has 1 aliphatic carbocycles. The van der Waals surface area contributed by atoms with Crippen LogP contribution in [-0.2, 0) is 11.3 Å². The zero-order valence-electron chi connectivity index (χ0n) is 12.9. The highest BCUT2D eigenvalue weighted by Gasteiger charge is 2.29. The lowest BCUT2D eigenvalue weighted by Crippen LogP contribution is -2.42. The first-order valence-electron chi connectivity index (χ1n) is 8.20. The Morgan fingerprint density at radius 2 is 2.27 bits per heavy atom. The topological polar surface area (TPSA) is 58.4 Å². The van der Waals surface area contributed by atoms with Gasteiger partial charge in [-0.15, -0.1) is 11.3 Å². The summed E-state index contributed by atoms with van der Waals surface area (Å²) in [6.07, 6.45) is 5.69. The smallest absolute Gasteiger partial charge is 0.237 e. The molecular formula is C16H22N4OS. The number of carbonyl (C=O) groups is 1. The van der Waals surface area contributed by atoms with Crippen molar-refractivity contribution in [3.05, 3.63) is 22.5 Å². The zero-order valence-corrected chi connectivity index (χ0v) is 13.7. The van der Waals surface area contributed by atoms with E-state index in [0.717, 1.165) is 36.5 Å². The average molecular weight is 318 g/mol. The summed E-state index contributed by atoms with van der Waals surface area (Å²) in [5.41, 5.74) is 3.70. The van der Waals surface area contributed by atoms with Crippen LogP contribution in [0.15, 0.2) is 5.38 Å². The summed E-state index contributed by atoms with van der Waals surface area (Å²) in [4.78, 5) is 17.8. The standard InChI is InChI=1S/C16H22N4OS/c1-10-13(8-18-12-4-2-3-7-17-15(12)21)20-14(11-5-6-11)9-22-16(20)19-10/h9,11-12,18H,2-8H2,1H3,(H,17,21)/t12-/m1/s1. The molecule has 6 heteroatoms. The van der Waals surface area contributed by atoms with Gasteiger partial charge in [0.2, 0.25) is 5.91 Å². The van der Waals surface area contributed by atoms with Gasteiger partial charge in [-0.25, -0.2) is 4.98 Å². The van der Waals surface area contributed by atoms with Crippen molar-refractivity contribution in [1.82, 2.24) is 20.0 Å². The second kappa shape index (κ2) is 5.66. The van der Waals surface area contributed by atoms with E-state index < -0.39 is 0 Å². The van der Waals surface area contributed by atoms with Gasteiger partial charge in [-0.1, -0.05) is 0 Å². The minimum absolute atomic E-state index is 0.0736. The summed E-state index contributed by atoms with van der Waals surface area (Å²) >= 11 is 1.73. The Balaban J connectivity index is 1.56. The summed E-state index contributed by atoms with van der Waals surface area (Å²) in [6, 6.07) is -0.0736. The van der Waals surface area contributed by atoms with Crippen LogP contribution >= 0.6 is 11.3 Å². The number of aryl methyl sites for hydroxylation is 1. The number of aromatic nitrogens is 2. The van der Waals surface area contributed by atoms with Crippen molar-refractivity contribution >= 4 is 22.2 Å². The quantitative estimate of drug-likeness (QED) is 0.910. The summed E-state index contributed by atoms with van der Waals surface area (Å²) < 4.78 is 2.32. The van der Waals surface area contributed by atoms with Gasteiger partial charge in [0.15, 0.2) is 4.96 Å². The van der Waals surface area contributed by atoms with Gasteiger partial charge in [-0.05, 0) is 39.0 Å². The molecule has 2 aromatic rings. The molecule has 118 valence electrons. The molecule has 5 nitrogen and oxygen atoms in total. The van der Waals surface area contributed by atoms with Gasteiger partial charge >= 0.3 is 0 Å². The van der Waals surface area contributed by atoms with Crippen molar-refractivity contribution in [1.29, 1.82) is 0 Å². The molecular weight excluding hydrogens is 296 g/mol. The molecule has 1 saturated heterocycles. The van der Waals surface area contributed by atoms with Crippen LogP contribution in [0.3, 0.4) is 0 Å². The maximum Gasteiger partial charge on any atom is 0.237 e. The highest BCUT2D eigenvalue weighted by molar-refractivity contribution is 7.15. The molecule has 4 rings (SSSR count). The van der Waals surface area contributed by atoms with Crippen LogP contribution in [0.4, 0.5) is 0 Å². The molecule has 0 radical (unpaired) electrons. The highest BCUT2D eigenvalue weighted by atomic mass is 32.1. The first-order chi connectivity index (χ1) is 10.7. The first kappa shape index (κ1) is 14.2. The minimum Gasteiger partial charge on any atom is -0.355 e. The Kier molecular flexibility index (Phi) is 3.66. The predicted octanol–water partition coefficient (Wildman–Crippen LogP) is 2.34. The summed E-state index contributed by atoms with van der Waals surface area (Å²) in [6.45, 7) is 3.59. The molecule has 22 heavy (non-hydrogen) atoms. The van der Waals surface area contributed by atoms with Crippen LogP contribution in [0.2, 0.25) is 0 Å². The molecule has 2 aromatic heterocycles. The fourth-order valence-corrected chi connectivity index (χ4v) is 4.30. The van der Waals surface area contributed by atoms with E-state index in [4.69, 9.17) is 0 Å². The summed E-state index contributed by atoms with van der Waals surface area (Å²) in [5, 5.41) is 8.70. The number of carbonyl (C=O) groups excluding carboxylic acids is 1. The van der Waals surface area contributed by atoms with E-state index in [-0.39, 0.29) is 11.9 Å². The van der Waals surface area contributed by atoms with Crippen LogP contribution in [0, 0.1) is 6.92 Å². The van der Waals surface area contributed by atoms with Crippen LogP contribution in [0.25, 0.3) is 4.96 Å². The second-order valence-corrected chi connectivity index (χ2v) is 7.25. The van der Waals surface area contributed by atoms with Gasteiger partial charge in [-0.3, -0.25) is 9.20 Å². The Hall–Kier alpha value is -1.40. The number of fused-ring (bicyclic) bond motifs is 1. The fraction of sp³-hybridized carbons (Fsp3) is 0.625. The van der Waals surface area contributed by atoms with E-state index in [1.54, 1.807) is 11.3 Å². The first-order valence-corrected chi connectivity index (χ1v) is 9.08. The fourth-order valence-electron chi connectivity index (χ4n) is 3.27. The highest BCUT2D eigenvalue weighted by Crippen LogP contribution is 2.42. The normalized spacial score (nSPS) is 22.8. The van der Waals surface area contributed by atoms with E-state index in [9.17, 15) is 4.79 Å². The molecule has 2 N–H and O–H groups in total. The number of hydrogen-bond acceptors (Lipinski definition) is 4. The Morgan fingerprint density at radius 1 is 1.41 bits per heavy atom. The van der Waals surface area contributed by atoms with E-state index in [1.807, 2.05) is 0 Å². The van der Waals surface area contributed by atoms with Gasteiger partial charge in [0.25, 0.3) is 0 Å². The maximum absolute atomic E-state index is 12.1. The number of thiazole rings is 1. The predicted molar refractivity (Wildman–Crippen MR) is 87.3 cm³/mol. The molecule has 0 bridgehead atoms. The van der Waals surface area contributed by atoms with Crippen LogP contribution in [0.1, 0.15) is 55.1 Å². The number of rotatable bonds is 4. The monoisotopic (exact) mass is 318 g/mol. The van der Waals surface area contributed by atoms with E-state index in [0.29, 0.717) is 12.5 Å². The van der Waals surface area contributed by atoms with Crippen LogP contribution in [0.5, 0.6) is 0 Å². The molecule has 2 fully saturated rings. The molecule has 0 spiro atoms. The van der Waals surface area contributed by atoms with Crippen molar-refractivity contribution < 1.29 is 4.79 Å². The average Bonchev–Trinajstić information content (AvgIpc) is 3.23. The summed E-state index contributed by atoms with van der Waals surface area (Å²) in [5.74, 6) is 0.853. The van der Waals surface area contributed by atoms with E-state index in [2.05, 4.69) is 32.3 Å². The van der Waals surface area contributed by atoms with Gasteiger partial charge in [0, 0.05) is 30.1 Å². The van der Waals surface area contributed by atoms with Gasteiger partial charge in [-0.2, -0.15) is 0 Å². The third kappa shape index (κ3) is 2.54. The van der Waals surface area contributed by atoms with Crippen LogP contribution in [-0.4, -0.2) is 27.9 Å². The Morgan fingerprint density at radius 3 is 3.09 bits per heavy atom. The number of amides is 1. The largest absolute Gasteiger partial charge is 0.355 e. The van der Waals surface area contributed by atoms with Crippen molar-refractivity contribution in [2.24, 2.45) is 0 Å². The minimum atomic E-state index is -0.0736. The van der Waals surface area contributed by atoms with Crippen molar-refractivity contribution in [3.8, 4) is 0 Å². The Bertz CT molecular complexity index is 700. The molecule has 1 saturated carbocycles. The lowest BCUT2D eigenvalue weighted by molar-refractivity contribution is -0.122. The van der Waals surface area contributed by atoms with Crippen molar-refractivity contribution in [2.75, 3.05) is 6.54 Å². The Labute approximate surface area is 134 Å². The molecule has 0 aromatic carbocycles. The van der Waals surface area contributed by atoms with E-state index >= 15 is 0 Å². The maximum atomic E-state index is 12.1. The number of imidazole rings is 1. The second-order valence-electron chi connectivity index (χ2n) is 6.42. The number of nitrogens with one attached hydrogen (secondary N) is 2. The third-order valence-corrected chi connectivity index (χ3v) is 5.58. The van der Waals surface area contributed by atoms with Crippen LogP contribution < -0.4 is 10.6 Å². The SMILES string of the molecule is Cc1nc2scc(C3CC3)n2c1CN[C@@H]1CCCCNC1=O. The van der Waals surface area contributed by atoms with E-state index in [1.165, 1.54) is 24.2 Å². The number of nitrogens with zero attached hydrogens (tertiary/aromatic N) is 2. The van der Waals surface area contributed by atoms with Gasteiger partial charge in [0.05, 0.1) is 17.4 Å². The van der Waals surface area contributed by atoms with Crippen molar-refractivity contribution in [2.45, 2.75) is 57.5 Å².